The number of anilines is 1. The van der Waals surface area contributed by atoms with Crippen LogP contribution in [0, 0.1) is 0 Å². The maximum absolute atomic E-state index is 10.9. The largest absolute Gasteiger partial charge is 0.282 e. The lowest BCUT2D eigenvalue weighted by atomic mass is 10.3. The summed E-state index contributed by atoms with van der Waals surface area (Å²) >= 11 is 1.58. The number of nitrogens with one attached hydrogen (secondary N) is 1. The summed E-state index contributed by atoms with van der Waals surface area (Å²) in [7, 11) is -3.13. The highest BCUT2D eigenvalue weighted by Crippen LogP contribution is 2.32. The lowest BCUT2D eigenvalue weighted by molar-refractivity contribution is 0.607. The summed E-state index contributed by atoms with van der Waals surface area (Å²) in [5, 5.41) is 0. The molecule has 0 unspecified atom stereocenters. The smallest absolute Gasteiger partial charge is 0.229 e. The first kappa shape index (κ1) is 7.82. The molecule has 0 atom stereocenters. The number of benzene rings is 1. The van der Waals surface area contributed by atoms with Crippen molar-refractivity contribution in [2.75, 3.05) is 11.0 Å². The van der Waals surface area contributed by atoms with E-state index in [0.29, 0.717) is 5.69 Å². The Hall–Kier alpha value is -0.810. The van der Waals surface area contributed by atoms with Crippen LogP contribution < -0.4 is 4.72 Å². The first-order valence-electron chi connectivity index (χ1n) is 3.34. The van der Waals surface area contributed by atoms with Crippen molar-refractivity contribution in [3.05, 3.63) is 18.2 Å². The zero-order valence-electron chi connectivity index (χ0n) is 6.37. The van der Waals surface area contributed by atoms with E-state index in [-0.39, 0.29) is 0 Å². The Morgan fingerprint density at radius 1 is 1.42 bits per heavy atom. The quantitative estimate of drug-likeness (QED) is 0.804. The van der Waals surface area contributed by atoms with Gasteiger partial charge in [0, 0.05) is 4.70 Å². The van der Waals surface area contributed by atoms with E-state index >= 15 is 0 Å². The molecule has 1 N–H and O–H groups in total. The molecular weight excluding hydrogens is 194 g/mol. The second kappa shape index (κ2) is 2.34. The predicted molar refractivity (Wildman–Crippen MR) is 51.5 cm³/mol. The van der Waals surface area contributed by atoms with Crippen LogP contribution in [-0.2, 0) is 10.0 Å². The van der Waals surface area contributed by atoms with Gasteiger partial charge in [-0.25, -0.2) is 8.42 Å². The second-order valence-corrected chi connectivity index (χ2v) is 5.50. The minimum atomic E-state index is -3.13. The summed E-state index contributed by atoms with van der Waals surface area (Å²) in [4.78, 5) is 0. The van der Waals surface area contributed by atoms with E-state index < -0.39 is 10.0 Å². The molecule has 2 heterocycles. The summed E-state index contributed by atoms with van der Waals surface area (Å²) in [6.07, 6.45) is 1.15. The summed E-state index contributed by atoms with van der Waals surface area (Å²) in [5.41, 5.74) is 0.694. The first-order valence-corrected chi connectivity index (χ1v) is 6.05. The zero-order chi connectivity index (χ0) is 8.77. The Bertz CT molecular complexity index is 486. The van der Waals surface area contributed by atoms with Crippen LogP contribution in [0.1, 0.15) is 0 Å². The fourth-order valence-corrected chi connectivity index (χ4v) is 2.62. The standard InChI is InChI=1S/C7H7NO2S2/c1-12(9,10)8-6-4-5-2-3-7(6)11-5/h2-4,8H,1H3. The number of thiophene rings is 2. The van der Waals surface area contributed by atoms with Crippen LogP contribution in [0.25, 0.3) is 9.40 Å². The van der Waals surface area contributed by atoms with Crippen molar-refractivity contribution in [3.63, 3.8) is 0 Å². The molecule has 0 aliphatic heterocycles. The molecule has 0 spiro atoms. The molecule has 0 aliphatic rings. The number of sulfonamides is 1. The van der Waals surface area contributed by atoms with E-state index in [0.717, 1.165) is 15.7 Å². The minimum Gasteiger partial charge on any atom is -0.282 e. The van der Waals surface area contributed by atoms with Crippen molar-refractivity contribution in [3.8, 4) is 0 Å². The molecule has 64 valence electrons. The van der Waals surface area contributed by atoms with Crippen LogP contribution in [0.15, 0.2) is 18.2 Å². The molecule has 2 aromatic rings. The van der Waals surface area contributed by atoms with Gasteiger partial charge in [0.2, 0.25) is 10.0 Å². The Kier molecular flexibility index (Phi) is 1.52. The van der Waals surface area contributed by atoms with Gasteiger partial charge in [0.05, 0.1) is 16.6 Å². The van der Waals surface area contributed by atoms with E-state index in [2.05, 4.69) is 4.72 Å². The van der Waals surface area contributed by atoms with Gasteiger partial charge in [-0.2, -0.15) is 0 Å². The van der Waals surface area contributed by atoms with Crippen LogP contribution in [0.5, 0.6) is 0 Å². The summed E-state index contributed by atoms with van der Waals surface area (Å²) < 4.78 is 26.2. The topological polar surface area (TPSA) is 46.2 Å². The van der Waals surface area contributed by atoms with Crippen molar-refractivity contribution in [2.45, 2.75) is 0 Å². The van der Waals surface area contributed by atoms with Crippen molar-refractivity contribution < 1.29 is 8.42 Å². The van der Waals surface area contributed by atoms with Gasteiger partial charge in [0.25, 0.3) is 0 Å². The molecule has 0 aliphatic carbocycles. The normalized spacial score (nSPS) is 12.4. The third-order valence-corrected chi connectivity index (χ3v) is 3.13. The summed E-state index contributed by atoms with van der Waals surface area (Å²) in [5.74, 6) is 0. The van der Waals surface area contributed by atoms with Crippen LogP contribution in [0.3, 0.4) is 0 Å². The highest BCUT2D eigenvalue weighted by Gasteiger charge is 2.08. The molecule has 0 saturated carbocycles. The number of hydrogen-bond acceptors (Lipinski definition) is 3. The van der Waals surface area contributed by atoms with Crippen molar-refractivity contribution in [1.82, 2.24) is 0 Å². The molecule has 12 heavy (non-hydrogen) atoms. The number of rotatable bonds is 2. The Morgan fingerprint density at radius 2 is 2.17 bits per heavy atom. The molecule has 2 bridgehead atoms. The molecule has 2 aromatic heterocycles. The number of hydrogen-bond donors (Lipinski definition) is 1. The Balaban J connectivity index is 2.42. The van der Waals surface area contributed by atoms with Crippen molar-refractivity contribution in [1.29, 1.82) is 0 Å². The zero-order valence-corrected chi connectivity index (χ0v) is 8.00. The number of fused-ring (bicyclic) bond motifs is 2. The van der Waals surface area contributed by atoms with Gasteiger partial charge in [0.15, 0.2) is 0 Å². The Labute approximate surface area is 74.4 Å². The average Bonchev–Trinajstić information content (AvgIpc) is 2.42. The average molecular weight is 201 g/mol. The molecule has 0 saturated heterocycles. The molecule has 0 fully saturated rings. The van der Waals surface area contributed by atoms with Crippen molar-refractivity contribution >= 4 is 36.4 Å². The SMILES string of the molecule is CS(=O)(=O)Nc1cc2ccc1s2. The second-order valence-electron chi connectivity index (χ2n) is 2.63. The van der Waals surface area contributed by atoms with Crippen molar-refractivity contribution in [2.24, 2.45) is 0 Å². The monoisotopic (exact) mass is 201 g/mol. The summed E-state index contributed by atoms with van der Waals surface area (Å²) in [6.45, 7) is 0. The van der Waals surface area contributed by atoms with E-state index in [1.807, 2.05) is 18.2 Å². The highest BCUT2D eigenvalue weighted by molar-refractivity contribution is 7.92. The highest BCUT2D eigenvalue weighted by atomic mass is 32.2. The van der Waals surface area contributed by atoms with Gasteiger partial charge >= 0.3 is 0 Å². The van der Waals surface area contributed by atoms with Gasteiger partial charge in [-0.15, -0.1) is 11.3 Å². The fourth-order valence-electron chi connectivity index (χ4n) is 1.07. The van der Waals surface area contributed by atoms with Gasteiger partial charge in [-0.3, -0.25) is 4.72 Å². The molecule has 0 amide bonds. The lowest BCUT2D eigenvalue weighted by Gasteiger charge is -2.00. The fraction of sp³-hybridized carbons (Fsp3) is 0.143. The third kappa shape index (κ3) is 1.37. The summed E-state index contributed by atoms with van der Waals surface area (Å²) in [6, 6.07) is 5.71. The first-order chi connectivity index (χ1) is 5.54. The molecule has 0 radical (unpaired) electrons. The van der Waals surface area contributed by atoms with Crippen LogP contribution in [-0.4, -0.2) is 14.7 Å². The minimum absolute atomic E-state index is 0.694. The van der Waals surface area contributed by atoms with E-state index in [1.165, 1.54) is 0 Å². The molecule has 2 rings (SSSR count). The van der Waals surface area contributed by atoms with E-state index in [9.17, 15) is 8.42 Å². The molecular formula is C7H7NO2S2. The predicted octanol–water partition coefficient (Wildman–Crippen LogP) is 1.71. The molecule has 5 heteroatoms. The van der Waals surface area contributed by atoms with Crippen LogP contribution in [0.2, 0.25) is 0 Å². The maximum atomic E-state index is 10.9. The van der Waals surface area contributed by atoms with Crippen LogP contribution in [0.4, 0.5) is 5.69 Å². The molecule has 3 nitrogen and oxygen atoms in total. The Morgan fingerprint density at radius 3 is 2.58 bits per heavy atom. The van der Waals surface area contributed by atoms with E-state index in [4.69, 9.17) is 0 Å². The van der Waals surface area contributed by atoms with Gasteiger partial charge in [-0.1, -0.05) is 0 Å². The van der Waals surface area contributed by atoms with Gasteiger partial charge < -0.3 is 0 Å². The van der Waals surface area contributed by atoms with Gasteiger partial charge in [0.1, 0.15) is 0 Å². The van der Waals surface area contributed by atoms with E-state index in [1.54, 1.807) is 11.3 Å². The molecule has 0 aromatic carbocycles. The van der Waals surface area contributed by atoms with Crippen LogP contribution >= 0.6 is 11.3 Å². The third-order valence-electron chi connectivity index (χ3n) is 1.47. The lowest BCUT2D eigenvalue weighted by Crippen LogP contribution is -2.08. The van der Waals surface area contributed by atoms with Gasteiger partial charge in [-0.05, 0) is 18.2 Å². The maximum Gasteiger partial charge on any atom is 0.229 e.